The predicted molar refractivity (Wildman–Crippen MR) is 88.5 cm³/mol. The summed E-state index contributed by atoms with van der Waals surface area (Å²) in [6.45, 7) is 3.65. The molecule has 23 heavy (non-hydrogen) atoms. The van der Waals surface area contributed by atoms with Crippen LogP contribution in [0.3, 0.4) is 0 Å². The summed E-state index contributed by atoms with van der Waals surface area (Å²) in [4.78, 5) is 25.5. The first-order valence-electron chi connectivity index (χ1n) is 7.48. The molecule has 0 radical (unpaired) electrons. The van der Waals surface area contributed by atoms with Crippen molar-refractivity contribution < 1.29 is 14.3 Å². The van der Waals surface area contributed by atoms with Crippen molar-refractivity contribution in [1.29, 1.82) is 0 Å². The Morgan fingerprint density at radius 1 is 1.22 bits per heavy atom. The monoisotopic (exact) mass is 310 g/mol. The lowest BCUT2D eigenvalue weighted by Gasteiger charge is -2.33. The van der Waals surface area contributed by atoms with Gasteiger partial charge in [0.05, 0.1) is 12.2 Å². The SMILES string of the molecule is CC(=O)Nc1ccc2c(c1)N(Cc1ccccc1)C(=O)C(C)O2. The fourth-order valence-electron chi connectivity index (χ4n) is 2.62. The van der Waals surface area contributed by atoms with Gasteiger partial charge in [0.2, 0.25) is 5.91 Å². The van der Waals surface area contributed by atoms with Crippen LogP contribution in [0.5, 0.6) is 5.75 Å². The van der Waals surface area contributed by atoms with Gasteiger partial charge in [0.1, 0.15) is 5.75 Å². The number of carbonyl (C=O) groups is 2. The van der Waals surface area contributed by atoms with Crippen LogP contribution >= 0.6 is 0 Å². The van der Waals surface area contributed by atoms with Crippen LogP contribution in [0.2, 0.25) is 0 Å². The lowest BCUT2D eigenvalue weighted by molar-refractivity contribution is -0.125. The standard InChI is InChI=1S/C18H18N2O3/c1-12-18(22)20(11-14-6-4-3-5-7-14)16-10-15(19-13(2)21)8-9-17(16)23-12/h3-10,12H,11H2,1-2H3,(H,19,21). The lowest BCUT2D eigenvalue weighted by Crippen LogP contribution is -2.44. The second kappa shape index (κ2) is 6.12. The molecular formula is C18H18N2O3. The van der Waals surface area contributed by atoms with Crippen molar-refractivity contribution in [3.63, 3.8) is 0 Å². The zero-order chi connectivity index (χ0) is 16.4. The van der Waals surface area contributed by atoms with E-state index in [1.54, 1.807) is 30.0 Å². The van der Waals surface area contributed by atoms with E-state index in [9.17, 15) is 9.59 Å². The number of nitrogens with one attached hydrogen (secondary N) is 1. The molecule has 1 N–H and O–H groups in total. The minimum absolute atomic E-state index is 0.0960. The van der Waals surface area contributed by atoms with E-state index >= 15 is 0 Å². The van der Waals surface area contributed by atoms with Gasteiger partial charge in [-0.3, -0.25) is 9.59 Å². The molecule has 2 aromatic rings. The number of benzene rings is 2. The van der Waals surface area contributed by atoms with Gasteiger partial charge in [-0.05, 0) is 30.7 Å². The van der Waals surface area contributed by atoms with Crippen LogP contribution < -0.4 is 15.0 Å². The zero-order valence-electron chi connectivity index (χ0n) is 13.1. The van der Waals surface area contributed by atoms with E-state index in [1.165, 1.54) is 6.92 Å². The zero-order valence-corrected chi connectivity index (χ0v) is 13.1. The number of hydrogen-bond donors (Lipinski definition) is 1. The summed E-state index contributed by atoms with van der Waals surface area (Å²) in [5.74, 6) is 0.388. The van der Waals surface area contributed by atoms with E-state index in [2.05, 4.69) is 5.32 Å². The average Bonchev–Trinajstić information content (AvgIpc) is 2.53. The molecular weight excluding hydrogens is 292 g/mol. The Morgan fingerprint density at radius 2 is 1.96 bits per heavy atom. The largest absolute Gasteiger partial charge is 0.479 e. The maximum atomic E-state index is 12.5. The molecule has 0 fully saturated rings. The molecule has 1 aliphatic rings. The van der Waals surface area contributed by atoms with E-state index < -0.39 is 6.10 Å². The molecule has 0 bridgehead atoms. The number of fused-ring (bicyclic) bond motifs is 1. The first-order chi connectivity index (χ1) is 11.0. The van der Waals surface area contributed by atoms with Crippen LogP contribution in [0.4, 0.5) is 11.4 Å². The van der Waals surface area contributed by atoms with Crippen molar-refractivity contribution in [2.24, 2.45) is 0 Å². The quantitative estimate of drug-likeness (QED) is 0.948. The first-order valence-corrected chi connectivity index (χ1v) is 7.48. The molecule has 0 spiro atoms. The highest BCUT2D eigenvalue weighted by Crippen LogP contribution is 2.37. The summed E-state index contributed by atoms with van der Waals surface area (Å²) in [5, 5.41) is 2.73. The average molecular weight is 310 g/mol. The Hall–Kier alpha value is -2.82. The molecule has 1 atom stereocenters. The maximum absolute atomic E-state index is 12.5. The van der Waals surface area contributed by atoms with E-state index in [1.807, 2.05) is 30.3 Å². The van der Waals surface area contributed by atoms with E-state index in [4.69, 9.17) is 4.74 Å². The third-order valence-electron chi connectivity index (χ3n) is 3.67. The van der Waals surface area contributed by atoms with Gasteiger partial charge in [-0.1, -0.05) is 30.3 Å². The highest BCUT2D eigenvalue weighted by molar-refractivity contribution is 6.01. The first kappa shape index (κ1) is 15.1. The number of nitrogens with zero attached hydrogens (tertiary/aromatic N) is 1. The van der Waals surface area contributed by atoms with Crippen LogP contribution in [0, 0.1) is 0 Å². The molecule has 2 aromatic carbocycles. The molecule has 5 nitrogen and oxygen atoms in total. The molecule has 5 heteroatoms. The summed E-state index contributed by atoms with van der Waals surface area (Å²) < 4.78 is 5.67. The van der Waals surface area contributed by atoms with Crippen LogP contribution in [0.1, 0.15) is 19.4 Å². The highest BCUT2D eigenvalue weighted by Gasteiger charge is 2.31. The Kier molecular flexibility index (Phi) is 4.02. The molecule has 0 saturated heterocycles. The van der Waals surface area contributed by atoms with Gasteiger partial charge >= 0.3 is 0 Å². The van der Waals surface area contributed by atoms with Gasteiger partial charge in [0, 0.05) is 12.6 Å². The van der Waals surface area contributed by atoms with Crippen LogP contribution in [-0.2, 0) is 16.1 Å². The summed E-state index contributed by atoms with van der Waals surface area (Å²) in [5.41, 5.74) is 2.34. The highest BCUT2D eigenvalue weighted by atomic mass is 16.5. The summed E-state index contributed by atoms with van der Waals surface area (Å²) in [7, 11) is 0. The lowest BCUT2D eigenvalue weighted by atomic mass is 10.1. The Labute approximate surface area is 134 Å². The second-order valence-corrected chi connectivity index (χ2v) is 5.53. The molecule has 2 amide bonds. The van der Waals surface area contributed by atoms with Crippen molar-refractivity contribution in [2.45, 2.75) is 26.5 Å². The summed E-state index contributed by atoms with van der Waals surface area (Å²) in [6.07, 6.45) is -0.530. The molecule has 118 valence electrons. The minimum Gasteiger partial charge on any atom is -0.479 e. The molecule has 1 unspecified atom stereocenters. The van der Waals surface area contributed by atoms with Crippen LogP contribution in [-0.4, -0.2) is 17.9 Å². The number of carbonyl (C=O) groups excluding carboxylic acids is 2. The van der Waals surface area contributed by atoms with Crippen molar-refractivity contribution in [2.75, 3.05) is 10.2 Å². The third-order valence-corrected chi connectivity index (χ3v) is 3.67. The Balaban J connectivity index is 1.98. The van der Waals surface area contributed by atoms with Crippen LogP contribution in [0.15, 0.2) is 48.5 Å². The number of rotatable bonds is 3. The van der Waals surface area contributed by atoms with Gasteiger partial charge in [-0.25, -0.2) is 0 Å². The van der Waals surface area contributed by atoms with Gasteiger partial charge < -0.3 is 15.0 Å². The number of anilines is 2. The van der Waals surface area contributed by atoms with Crippen molar-refractivity contribution in [3.05, 3.63) is 54.1 Å². The Morgan fingerprint density at radius 3 is 2.65 bits per heavy atom. The van der Waals surface area contributed by atoms with E-state index in [0.29, 0.717) is 23.7 Å². The molecule has 1 heterocycles. The minimum atomic E-state index is -0.530. The van der Waals surface area contributed by atoms with Gasteiger partial charge in [-0.15, -0.1) is 0 Å². The van der Waals surface area contributed by atoms with E-state index in [0.717, 1.165) is 5.56 Å². The Bertz CT molecular complexity index is 743. The van der Waals surface area contributed by atoms with Crippen LogP contribution in [0.25, 0.3) is 0 Å². The van der Waals surface area contributed by atoms with Gasteiger partial charge in [0.25, 0.3) is 5.91 Å². The van der Waals surface area contributed by atoms with Crippen molar-refractivity contribution >= 4 is 23.2 Å². The topological polar surface area (TPSA) is 58.6 Å². The van der Waals surface area contributed by atoms with Crippen molar-refractivity contribution in [3.8, 4) is 5.75 Å². The molecule has 3 rings (SSSR count). The fourth-order valence-corrected chi connectivity index (χ4v) is 2.62. The molecule has 1 aliphatic heterocycles. The molecule has 0 aliphatic carbocycles. The normalized spacial score (nSPS) is 16.5. The number of hydrogen-bond acceptors (Lipinski definition) is 3. The third kappa shape index (κ3) is 3.18. The smallest absolute Gasteiger partial charge is 0.268 e. The molecule has 0 saturated carbocycles. The maximum Gasteiger partial charge on any atom is 0.268 e. The fraction of sp³-hybridized carbons (Fsp3) is 0.222. The number of ether oxygens (including phenoxy) is 1. The summed E-state index contributed by atoms with van der Waals surface area (Å²) in [6, 6.07) is 15.1. The van der Waals surface area contributed by atoms with Gasteiger partial charge in [-0.2, -0.15) is 0 Å². The van der Waals surface area contributed by atoms with Gasteiger partial charge in [0.15, 0.2) is 6.10 Å². The summed E-state index contributed by atoms with van der Waals surface area (Å²) >= 11 is 0. The molecule has 0 aromatic heterocycles. The number of amides is 2. The van der Waals surface area contributed by atoms with E-state index in [-0.39, 0.29) is 11.8 Å². The second-order valence-electron chi connectivity index (χ2n) is 5.53. The van der Waals surface area contributed by atoms with Crippen molar-refractivity contribution in [1.82, 2.24) is 0 Å². The predicted octanol–water partition coefficient (Wildman–Crippen LogP) is 2.96.